The molecule has 222 valence electrons. The third-order valence-electron chi connectivity index (χ3n) is 10.8. The van der Waals surface area contributed by atoms with Crippen LogP contribution in [-0.4, -0.2) is 66.4 Å². The quantitative estimate of drug-likeness (QED) is 0.202. The van der Waals surface area contributed by atoms with Crippen LogP contribution in [0.3, 0.4) is 0 Å². The van der Waals surface area contributed by atoms with Crippen LogP contribution in [0.4, 0.5) is 0 Å². The standard InChI is InChI=1S/C36H50N2O3/c1-4-6-21-38(22-13-8-7-10-14-26-15-11-9-12-16-26)29-18-17-28-30-24-27-31(39)25-32(40-3)34-33(27)36(28,35(29)41-34)19-23-37(30)20-5-2/h5,9,11-12,15-16,25,28-30,35,39H,2,4,6-8,10,13-14,17-24H2,1,3H3/t28-,29+,30+,35-,36-/m0/s1. The molecule has 5 heteroatoms. The van der Waals surface area contributed by atoms with Gasteiger partial charge in [-0.3, -0.25) is 9.80 Å². The van der Waals surface area contributed by atoms with Crippen LogP contribution in [0.2, 0.25) is 0 Å². The van der Waals surface area contributed by atoms with Crippen LogP contribution >= 0.6 is 0 Å². The number of benzene rings is 2. The molecule has 0 radical (unpaired) electrons. The summed E-state index contributed by atoms with van der Waals surface area (Å²) in [6.45, 7) is 10.6. The van der Waals surface area contributed by atoms with E-state index in [1.807, 2.05) is 6.08 Å². The fourth-order valence-corrected chi connectivity index (χ4v) is 9.02. The first kappa shape index (κ1) is 28.6. The molecule has 2 aromatic rings. The molecule has 2 fully saturated rings. The van der Waals surface area contributed by atoms with Gasteiger partial charge in [0.25, 0.3) is 0 Å². The average molecular weight is 559 g/mol. The number of aromatic hydroxyl groups is 1. The predicted octanol–water partition coefficient (Wildman–Crippen LogP) is 6.90. The summed E-state index contributed by atoms with van der Waals surface area (Å²) in [5.41, 5.74) is 3.81. The second kappa shape index (κ2) is 12.4. The number of phenols is 1. The van der Waals surface area contributed by atoms with Crippen LogP contribution in [0.25, 0.3) is 0 Å². The van der Waals surface area contributed by atoms with Crippen LogP contribution in [0.5, 0.6) is 17.2 Å². The summed E-state index contributed by atoms with van der Waals surface area (Å²) in [6.07, 6.45) is 15.3. The number of methoxy groups -OCH3 is 1. The number of piperidine rings is 1. The Morgan fingerprint density at radius 1 is 1.12 bits per heavy atom. The van der Waals surface area contributed by atoms with E-state index in [1.54, 1.807) is 13.2 Å². The van der Waals surface area contributed by atoms with Crippen LogP contribution in [0.1, 0.15) is 81.4 Å². The van der Waals surface area contributed by atoms with Crippen molar-refractivity contribution in [3.05, 3.63) is 65.7 Å². The summed E-state index contributed by atoms with van der Waals surface area (Å²) in [5.74, 6) is 2.56. The minimum Gasteiger partial charge on any atom is -0.508 e. The molecule has 2 aliphatic carbocycles. The Hall–Kier alpha value is -2.50. The van der Waals surface area contributed by atoms with Crippen molar-refractivity contribution in [3.63, 3.8) is 0 Å². The smallest absolute Gasteiger partial charge is 0.166 e. The van der Waals surface area contributed by atoms with Gasteiger partial charge in [-0.2, -0.15) is 0 Å². The molecule has 2 bridgehead atoms. The Morgan fingerprint density at radius 2 is 1.93 bits per heavy atom. The van der Waals surface area contributed by atoms with Gasteiger partial charge in [-0.15, -0.1) is 6.58 Å². The Labute approximate surface area is 247 Å². The lowest BCUT2D eigenvalue weighted by atomic mass is 9.50. The molecule has 0 aromatic heterocycles. The lowest BCUT2D eigenvalue weighted by molar-refractivity contribution is -0.0866. The van der Waals surface area contributed by atoms with Crippen molar-refractivity contribution in [2.75, 3.05) is 33.3 Å². The summed E-state index contributed by atoms with van der Waals surface area (Å²) in [5, 5.41) is 11.2. The normalized spacial score (nSPS) is 27.9. The van der Waals surface area contributed by atoms with Crippen molar-refractivity contribution in [2.45, 2.75) is 101 Å². The fourth-order valence-electron chi connectivity index (χ4n) is 9.02. The van der Waals surface area contributed by atoms with Crippen molar-refractivity contribution in [3.8, 4) is 17.2 Å². The number of ether oxygens (including phenoxy) is 2. The van der Waals surface area contributed by atoms with Gasteiger partial charge in [0, 0.05) is 41.2 Å². The largest absolute Gasteiger partial charge is 0.508 e. The lowest BCUT2D eigenvalue weighted by Crippen LogP contribution is -2.68. The van der Waals surface area contributed by atoms with E-state index in [0.29, 0.717) is 29.5 Å². The first-order valence-corrected chi connectivity index (χ1v) is 16.3. The van der Waals surface area contributed by atoms with Crippen molar-refractivity contribution in [1.29, 1.82) is 0 Å². The molecule has 2 aromatic carbocycles. The second-order valence-corrected chi connectivity index (χ2v) is 13.0. The van der Waals surface area contributed by atoms with Crippen molar-refractivity contribution in [2.24, 2.45) is 5.92 Å². The summed E-state index contributed by atoms with van der Waals surface area (Å²) in [7, 11) is 1.71. The van der Waals surface area contributed by atoms with Crippen molar-refractivity contribution in [1.82, 2.24) is 9.80 Å². The monoisotopic (exact) mass is 558 g/mol. The maximum Gasteiger partial charge on any atom is 0.166 e. The van der Waals surface area contributed by atoms with E-state index in [0.717, 1.165) is 50.3 Å². The number of unbranched alkanes of at least 4 members (excludes halogenated alkanes) is 4. The van der Waals surface area contributed by atoms with Gasteiger partial charge in [0.05, 0.1) is 7.11 Å². The number of hydrogen-bond acceptors (Lipinski definition) is 5. The molecule has 4 aliphatic rings. The Bertz CT molecular complexity index is 1200. The zero-order valence-electron chi connectivity index (χ0n) is 25.3. The molecule has 41 heavy (non-hydrogen) atoms. The Morgan fingerprint density at radius 3 is 2.71 bits per heavy atom. The first-order valence-electron chi connectivity index (χ1n) is 16.3. The number of rotatable bonds is 14. The second-order valence-electron chi connectivity index (χ2n) is 13.0. The molecule has 6 rings (SSSR count). The van der Waals surface area contributed by atoms with Gasteiger partial charge in [0.15, 0.2) is 11.5 Å². The molecule has 2 aliphatic heterocycles. The highest BCUT2D eigenvalue weighted by Gasteiger charge is 2.66. The van der Waals surface area contributed by atoms with Crippen molar-refractivity contribution < 1.29 is 14.6 Å². The van der Waals surface area contributed by atoms with E-state index >= 15 is 0 Å². The van der Waals surface area contributed by atoms with Gasteiger partial charge in [0.1, 0.15) is 11.9 Å². The SMILES string of the molecule is C=CCN1CC[C@]23c4c5c(O)cc(OC)c4O[C@H]2[C@H](N(CCCC)CCCCCCc2ccccc2)CC[C@H]3[C@H]1C5. The minimum atomic E-state index is -0.0413. The first-order chi connectivity index (χ1) is 20.1. The zero-order chi connectivity index (χ0) is 28.4. The zero-order valence-corrected chi connectivity index (χ0v) is 25.3. The van der Waals surface area contributed by atoms with Crippen LogP contribution in [0, 0.1) is 5.92 Å². The fraction of sp³-hybridized carbons (Fsp3) is 0.611. The third-order valence-corrected chi connectivity index (χ3v) is 10.8. The molecule has 2 heterocycles. The molecule has 5 nitrogen and oxygen atoms in total. The highest BCUT2D eigenvalue weighted by Crippen LogP contribution is 2.65. The van der Waals surface area contributed by atoms with Gasteiger partial charge < -0.3 is 14.6 Å². The number of phenolic OH excluding ortho intramolecular Hbond substituents is 1. The van der Waals surface area contributed by atoms with E-state index in [1.165, 1.54) is 68.9 Å². The molecular formula is C36H50N2O3. The summed E-state index contributed by atoms with van der Waals surface area (Å²) >= 11 is 0. The van der Waals surface area contributed by atoms with Crippen LogP contribution in [0.15, 0.2) is 49.1 Å². The van der Waals surface area contributed by atoms with Crippen molar-refractivity contribution >= 4 is 0 Å². The molecule has 0 unspecified atom stereocenters. The molecular weight excluding hydrogens is 508 g/mol. The van der Waals surface area contributed by atoms with Gasteiger partial charge >= 0.3 is 0 Å². The Kier molecular flexibility index (Phi) is 8.65. The van der Waals surface area contributed by atoms with E-state index in [-0.39, 0.29) is 11.5 Å². The van der Waals surface area contributed by atoms with Gasteiger partial charge in [-0.05, 0) is 82.5 Å². The van der Waals surface area contributed by atoms with Gasteiger partial charge in [0.2, 0.25) is 0 Å². The molecule has 1 saturated heterocycles. The lowest BCUT2D eigenvalue weighted by Gasteiger charge is -2.60. The van der Waals surface area contributed by atoms with Crippen LogP contribution < -0.4 is 9.47 Å². The van der Waals surface area contributed by atoms with E-state index in [9.17, 15) is 5.11 Å². The number of likely N-dealkylation sites (tertiary alicyclic amines) is 1. The maximum absolute atomic E-state index is 11.2. The predicted molar refractivity (Wildman–Crippen MR) is 166 cm³/mol. The number of nitrogens with zero attached hydrogens (tertiary/aromatic N) is 2. The minimum absolute atomic E-state index is 0.0413. The molecule has 0 amide bonds. The average Bonchev–Trinajstić information content (AvgIpc) is 3.33. The maximum atomic E-state index is 11.2. The van der Waals surface area contributed by atoms with Gasteiger partial charge in [-0.25, -0.2) is 0 Å². The Balaban J connectivity index is 1.23. The molecule has 1 saturated carbocycles. The van der Waals surface area contributed by atoms with Gasteiger partial charge in [-0.1, -0.05) is 62.6 Å². The summed E-state index contributed by atoms with van der Waals surface area (Å²) in [4.78, 5) is 5.42. The summed E-state index contributed by atoms with van der Waals surface area (Å²) < 4.78 is 12.9. The topological polar surface area (TPSA) is 45.2 Å². The third kappa shape index (κ3) is 5.07. The van der Waals surface area contributed by atoms with E-state index < -0.39 is 0 Å². The molecule has 1 spiro atoms. The number of hydrogen-bond donors (Lipinski definition) is 1. The van der Waals surface area contributed by atoms with E-state index in [4.69, 9.17) is 9.47 Å². The van der Waals surface area contributed by atoms with Crippen LogP contribution in [-0.2, 0) is 18.3 Å². The highest BCUT2D eigenvalue weighted by atomic mass is 16.5. The molecule has 5 atom stereocenters. The summed E-state index contributed by atoms with van der Waals surface area (Å²) in [6, 6.07) is 13.5. The number of aryl methyl sites for hydroxylation is 1. The highest BCUT2D eigenvalue weighted by molar-refractivity contribution is 5.65. The molecule has 1 N–H and O–H groups in total. The van der Waals surface area contributed by atoms with E-state index in [2.05, 4.69) is 53.6 Å².